The van der Waals surface area contributed by atoms with Crippen LogP contribution in [0.4, 0.5) is 5.69 Å². The molecule has 0 unspecified atom stereocenters. The van der Waals surface area contributed by atoms with Crippen molar-refractivity contribution in [3.63, 3.8) is 0 Å². The van der Waals surface area contributed by atoms with E-state index in [1.807, 2.05) is 18.2 Å². The lowest BCUT2D eigenvalue weighted by molar-refractivity contribution is 0.102. The van der Waals surface area contributed by atoms with E-state index < -0.39 is 0 Å². The molecule has 0 radical (unpaired) electrons. The Morgan fingerprint density at radius 3 is 2.77 bits per heavy atom. The van der Waals surface area contributed by atoms with Crippen molar-refractivity contribution in [3.05, 3.63) is 59.3 Å². The fraction of sp³-hybridized carbons (Fsp3) is 0.200. The molecule has 1 aromatic heterocycles. The Bertz CT molecular complexity index is 978. The summed E-state index contributed by atoms with van der Waals surface area (Å²) in [6.07, 6.45) is 1.68. The summed E-state index contributed by atoms with van der Waals surface area (Å²) in [6, 6.07) is 13.4. The molecule has 4 rings (SSSR count). The number of methoxy groups -OCH3 is 2. The third-order valence-corrected chi connectivity index (χ3v) is 4.67. The predicted octanol–water partition coefficient (Wildman–Crippen LogP) is 3.44. The van der Waals surface area contributed by atoms with Crippen LogP contribution in [0.5, 0.6) is 11.5 Å². The van der Waals surface area contributed by atoms with Crippen molar-refractivity contribution in [1.29, 1.82) is 0 Å². The van der Waals surface area contributed by atoms with E-state index in [0.29, 0.717) is 22.9 Å². The highest BCUT2D eigenvalue weighted by molar-refractivity contribution is 6.05. The Hall–Kier alpha value is -3.28. The van der Waals surface area contributed by atoms with E-state index in [-0.39, 0.29) is 5.91 Å². The lowest BCUT2D eigenvalue weighted by Gasteiger charge is -2.16. The number of aryl methyl sites for hydroxylation is 1. The van der Waals surface area contributed by atoms with Crippen molar-refractivity contribution >= 4 is 11.6 Å². The molecule has 0 bridgehead atoms. The quantitative estimate of drug-likeness (QED) is 0.756. The number of H-pyrrole nitrogens is 1. The zero-order valence-electron chi connectivity index (χ0n) is 14.6. The third-order valence-electron chi connectivity index (χ3n) is 4.67. The molecule has 1 aliphatic carbocycles. The molecule has 26 heavy (non-hydrogen) atoms. The van der Waals surface area contributed by atoms with Crippen LogP contribution in [0.25, 0.3) is 11.3 Å². The van der Waals surface area contributed by atoms with Gasteiger partial charge in [-0.2, -0.15) is 5.10 Å². The number of fused-ring (bicyclic) bond motifs is 3. The topological polar surface area (TPSA) is 76.2 Å². The molecule has 2 aromatic carbocycles. The second-order valence-corrected chi connectivity index (χ2v) is 6.10. The van der Waals surface area contributed by atoms with Crippen molar-refractivity contribution in [1.82, 2.24) is 10.2 Å². The zero-order valence-corrected chi connectivity index (χ0v) is 14.6. The fourth-order valence-corrected chi connectivity index (χ4v) is 3.33. The molecule has 0 saturated carbocycles. The Morgan fingerprint density at radius 2 is 1.96 bits per heavy atom. The first-order chi connectivity index (χ1) is 12.7. The van der Waals surface area contributed by atoms with Crippen LogP contribution in [0.15, 0.2) is 42.5 Å². The molecule has 0 saturated heterocycles. The van der Waals surface area contributed by atoms with Gasteiger partial charge in [0, 0.05) is 17.2 Å². The van der Waals surface area contributed by atoms with Gasteiger partial charge < -0.3 is 14.8 Å². The van der Waals surface area contributed by atoms with E-state index in [1.54, 1.807) is 32.4 Å². The number of carbonyl (C=O) groups is 1. The average molecular weight is 349 g/mol. The Kier molecular flexibility index (Phi) is 4.08. The lowest BCUT2D eigenvalue weighted by Crippen LogP contribution is -2.16. The zero-order chi connectivity index (χ0) is 18.1. The van der Waals surface area contributed by atoms with Crippen molar-refractivity contribution in [2.45, 2.75) is 12.8 Å². The second kappa shape index (κ2) is 6.55. The van der Waals surface area contributed by atoms with Gasteiger partial charge in [-0.1, -0.05) is 24.3 Å². The first-order valence-corrected chi connectivity index (χ1v) is 8.40. The molecule has 0 spiro atoms. The average Bonchev–Trinajstić information content (AvgIpc) is 3.13. The summed E-state index contributed by atoms with van der Waals surface area (Å²) >= 11 is 0. The van der Waals surface area contributed by atoms with Crippen molar-refractivity contribution in [2.24, 2.45) is 0 Å². The summed E-state index contributed by atoms with van der Waals surface area (Å²) in [5.74, 6) is 0.966. The SMILES string of the molecule is COc1ccc(NC(=O)c2[nH]nc3c2CCc2ccccc2-3)c(OC)c1. The minimum Gasteiger partial charge on any atom is -0.497 e. The smallest absolute Gasteiger partial charge is 0.274 e. The number of amides is 1. The van der Waals surface area contributed by atoms with Crippen LogP contribution in [-0.2, 0) is 12.8 Å². The highest BCUT2D eigenvalue weighted by Gasteiger charge is 2.25. The fourth-order valence-electron chi connectivity index (χ4n) is 3.33. The van der Waals surface area contributed by atoms with Crippen LogP contribution in [0.2, 0.25) is 0 Å². The van der Waals surface area contributed by atoms with Gasteiger partial charge in [0.1, 0.15) is 17.2 Å². The molecule has 0 fully saturated rings. The van der Waals surface area contributed by atoms with Crippen LogP contribution in [-0.4, -0.2) is 30.3 Å². The standard InChI is InChI=1S/C20H19N3O3/c1-25-13-8-10-16(17(11-13)26-2)21-20(24)19-15-9-7-12-5-3-4-6-14(12)18(15)22-23-19/h3-6,8,10-11H,7,9H2,1-2H3,(H,21,24)(H,22,23). The third kappa shape index (κ3) is 2.69. The number of aromatic amines is 1. The molecule has 1 heterocycles. The number of carbonyl (C=O) groups excluding carboxylic acids is 1. The largest absolute Gasteiger partial charge is 0.497 e. The first kappa shape index (κ1) is 16.2. The van der Waals surface area contributed by atoms with E-state index in [0.717, 1.165) is 29.7 Å². The maximum Gasteiger partial charge on any atom is 0.274 e. The van der Waals surface area contributed by atoms with Crippen molar-refractivity contribution < 1.29 is 14.3 Å². The Labute approximate surface area is 151 Å². The summed E-state index contributed by atoms with van der Waals surface area (Å²) in [4.78, 5) is 12.8. The monoisotopic (exact) mass is 349 g/mol. The number of hydrogen-bond donors (Lipinski definition) is 2. The number of hydrogen-bond acceptors (Lipinski definition) is 4. The molecular formula is C20H19N3O3. The maximum absolute atomic E-state index is 12.8. The molecular weight excluding hydrogens is 330 g/mol. The summed E-state index contributed by atoms with van der Waals surface area (Å²) < 4.78 is 10.5. The Balaban J connectivity index is 1.64. The van der Waals surface area contributed by atoms with E-state index in [1.165, 1.54) is 5.56 Å². The number of benzene rings is 2. The minimum absolute atomic E-state index is 0.235. The maximum atomic E-state index is 12.8. The number of rotatable bonds is 4. The van der Waals surface area contributed by atoms with E-state index in [9.17, 15) is 4.79 Å². The number of aromatic nitrogens is 2. The van der Waals surface area contributed by atoms with E-state index >= 15 is 0 Å². The highest BCUT2D eigenvalue weighted by atomic mass is 16.5. The van der Waals surface area contributed by atoms with Gasteiger partial charge in [-0.3, -0.25) is 9.89 Å². The van der Waals surface area contributed by atoms with Gasteiger partial charge in [0.15, 0.2) is 0 Å². The van der Waals surface area contributed by atoms with Gasteiger partial charge in [0.25, 0.3) is 5.91 Å². The van der Waals surface area contributed by atoms with Gasteiger partial charge in [-0.15, -0.1) is 0 Å². The van der Waals surface area contributed by atoms with Crippen molar-refractivity contribution in [2.75, 3.05) is 19.5 Å². The molecule has 1 aliphatic rings. The van der Waals surface area contributed by atoms with E-state index in [4.69, 9.17) is 9.47 Å². The van der Waals surface area contributed by atoms with Crippen LogP contribution >= 0.6 is 0 Å². The molecule has 0 atom stereocenters. The van der Waals surface area contributed by atoms with Crippen LogP contribution < -0.4 is 14.8 Å². The van der Waals surface area contributed by atoms with E-state index in [2.05, 4.69) is 21.6 Å². The molecule has 3 aromatic rings. The van der Waals surface area contributed by atoms with Crippen LogP contribution in [0.1, 0.15) is 21.6 Å². The number of anilines is 1. The normalized spacial score (nSPS) is 12.1. The van der Waals surface area contributed by atoms with Gasteiger partial charge in [-0.25, -0.2) is 0 Å². The highest BCUT2D eigenvalue weighted by Crippen LogP contribution is 2.34. The molecule has 6 heteroatoms. The second-order valence-electron chi connectivity index (χ2n) is 6.10. The van der Waals surface area contributed by atoms with Crippen molar-refractivity contribution in [3.8, 4) is 22.8 Å². The predicted molar refractivity (Wildman–Crippen MR) is 98.9 cm³/mol. The summed E-state index contributed by atoms with van der Waals surface area (Å²) in [5, 5.41) is 10.2. The number of nitrogens with zero attached hydrogens (tertiary/aromatic N) is 1. The Morgan fingerprint density at radius 1 is 1.12 bits per heavy atom. The first-order valence-electron chi connectivity index (χ1n) is 8.40. The molecule has 132 valence electrons. The van der Waals surface area contributed by atoms with Gasteiger partial charge in [-0.05, 0) is 30.5 Å². The summed E-state index contributed by atoms with van der Waals surface area (Å²) in [7, 11) is 3.14. The van der Waals surface area contributed by atoms with Crippen LogP contribution in [0.3, 0.4) is 0 Å². The number of ether oxygens (including phenoxy) is 2. The summed E-state index contributed by atoms with van der Waals surface area (Å²) in [5.41, 5.74) is 5.24. The minimum atomic E-state index is -0.235. The summed E-state index contributed by atoms with van der Waals surface area (Å²) in [6.45, 7) is 0. The lowest BCUT2D eigenvalue weighted by atomic mass is 9.89. The molecule has 6 nitrogen and oxygen atoms in total. The van der Waals surface area contributed by atoms with Gasteiger partial charge in [0.05, 0.1) is 25.6 Å². The van der Waals surface area contributed by atoms with Gasteiger partial charge in [0.2, 0.25) is 0 Å². The number of nitrogens with one attached hydrogen (secondary N) is 2. The molecule has 0 aliphatic heterocycles. The van der Waals surface area contributed by atoms with Gasteiger partial charge >= 0.3 is 0 Å². The molecule has 2 N–H and O–H groups in total. The van der Waals surface area contributed by atoms with Crippen LogP contribution in [0, 0.1) is 0 Å². The molecule has 1 amide bonds.